The number of halogens is 2. The number of nitrogens with one attached hydrogen (secondary N) is 1. The molecule has 1 aliphatic heterocycles. The lowest BCUT2D eigenvalue weighted by Crippen LogP contribution is -2.25. The Labute approximate surface area is 116 Å². The molecule has 3 rings (SSSR count). The van der Waals surface area contributed by atoms with E-state index >= 15 is 0 Å². The molecule has 0 saturated heterocycles. The third kappa shape index (κ3) is 2.11. The van der Waals surface area contributed by atoms with E-state index in [4.69, 9.17) is 4.74 Å². The Kier molecular flexibility index (Phi) is 3.08. The van der Waals surface area contributed by atoms with Crippen LogP contribution in [0.25, 0.3) is 0 Å². The predicted molar refractivity (Wildman–Crippen MR) is 74.1 cm³/mol. The molecule has 0 saturated carbocycles. The molecule has 1 atom stereocenters. The summed E-state index contributed by atoms with van der Waals surface area (Å²) >= 11 is 0. The van der Waals surface area contributed by atoms with Crippen molar-refractivity contribution in [1.29, 1.82) is 0 Å². The van der Waals surface area contributed by atoms with Gasteiger partial charge in [0.25, 0.3) is 0 Å². The number of aryl methyl sites for hydroxylation is 2. The molecule has 20 heavy (non-hydrogen) atoms. The minimum atomic E-state index is -0.850. The first-order valence-electron chi connectivity index (χ1n) is 6.52. The van der Waals surface area contributed by atoms with E-state index in [0.29, 0.717) is 12.3 Å². The monoisotopic (exact) mass is 275 g/mol. The van der Waals surface area contributed by atoms with Crippen LogP contribution in [-0.2, 0) is 0 Å². The lowest BCUT2D eigenvalue weighted by Gasteiger charge is -2.29. The van der Waals surface area contributed by atoms with E-state index in [1.807, 2.05) is 26.0 Å². The summed E-state index contributed by atoms with van der Waals surface area (Å²) in [7, 11) is 0. The van der Waals surface area contributed by atoms with Gasteiger partial charge in [0.1, 0.15) is 11.9 Å². The molecule has 0 fully saturated rings. The third-order valence-corrected chi connectivity index (χ3v) is 3.49. The van der Waals surface area contributed by atoms with Crippen molar-refractivity contribution in [3.63, 3.8) is 0 Å². The van der Waals surface area contributed by atoms with Gasteiger partial charge in [-0.2, -0.15) is 0 Å². The van der Waals surface area contributed by atoms with Gasteiger partial charge in [-0.1, -0.05) is 18.2 Å². The Morgan fingerprint density at radius 3 is 2.80 bits per heavy atom. The van der Waals surface area contributed by atoms with Crippen LogP contribution in [0.1, 0.15) is 22.8 Å². The molecule has 0 radical (unpaired) electrons. The van der Waals surface area contributed by atoms with Crippen LogP contribution in [-0.4, -0.2) is 6.54 Å². The molecule has 4 heteroatoms. The molecule has 0 aliphatic carbocycles. The second-order valence-electron chi connectivity index (χ2n) is 5.09. The minimum Gasteiger partial charge on any atom is -0.481 e. The van der Waals surface area contributed by atoms with Gasteiger partial charge in [-0.15, -0.1) is 0 Å². The van der Waals surface area contributed by atoms with Crippen LogP contribution < -0.4 is 10.1 Å². The van der Waals surface area contributed by atoms with Crippen molar-refractivity contribution < 1.29 is 13.5 Å². The summed E-state index contributed by atoms with van der Waals surface area (Å²) in [5.41, 5.74) is 3.25. The highest BCUT2D eigenvalue weighted by Crippen LogP contribution is 2.38. The van der Waals surface area contributed by atoms with Crippen LogP contribution in [0.5, 0.6) is 5.75 Å². The van der Waals surface area contributed by atoms with Crippen molar-refractivity contribution >= 4 is 5.69 Å². The molecule has 0 bridgehead atoms. The zero-order valence-electron chi connectivity index (χ0n) is 11.3. The first kappa shape index (κ1) is 12.9. The summed E-state index contributed by atoms with van der Waals surface area (Å²) in [5, 5.41) is 3.23. The van der Waals surface area contributed by atoms with E-state index in [-0.39, 0.29) is 5.56 Å². The first-order chi connectivity index (χ1) is 9.56. The van der Waals surface area contributed by atoms with Crippen LogP contribution in [0.3, 0.4) is 0 Å². The van der Waals surface area contributed by atoms with Gasteiger partial charge in [-0.25, -0.2) is 8.78 Å². The van der Waals surface area contributed by atoms with Crippen molar-refractivity contribution in [3.8, 4) is 5.75 Å². The van der Waals surface area contributed by atoms with Crippen LogP contribution in [0.15, 0.2) is 30.3 Å². The molecule has 2 aromatic carbocycles. The molecule has 1 aliphatic rings. The van der Waals surface area contributed by atoms with Crippen molar-refractivity contribution in [2.45, 2.75) is 20.0 Å². The fourth-order valence-corrected chi connectivity index (χ4v) is 2.57. The van der Waals surface area contributed by atoms with Crippen LogP contribution in [0.2, 0.25) is 0 Å². The summed E-state index contributed by atoms with van der Waals surface area (Å²) in [6.07, 6.45) is -0.528. The number of fused-ring (bicyclic) bond motifs is 1. The molecule has 104 valence electrons. The quantitative estimate of drug-likeness (QED) is 0.845. The Balaban J connectivity index is 1.98. The lowest BCUT2D eigenvalue weighted by atomic mass is 10.0. The third-order valence-electron chi connectivity index (χ3n) is 3.49. The average Bonchev–Trinajstić information content (AvgIpc) is 2.41. The standard InChI is InChI=1S/C16H15F2NO/c1-9-6-10(2)16-13(7-9)19-8-14(20-16)11-4-3-5-12(17)15(11)18/h3-7,14,19H,8H2,1-2H3. The number of hydrogen-bond donors (Lipinski definition) is 1. The van der Waals surface area contributed by atoms with Crippen LogP contribution >= 0.6 is 0 Å². The van der Waals surface area contributed by atoms with Gasteiger partial charge in [0, 0.05) is 5.56 Å². The molecule has 0 amide bonds. The summed E-state index contributed by atoms with van der Waals surface area (Å²) < 4.78 is 33.0. The summed E-state index contributed by atoms with van der Waals surface area (Å²) in [5.74, 6) is -0.986. The van der Waals surface area contributed by atoms with E-state index in [2.05, 4.69) is 5.32 Å². The summed E-state index contributed by atoms with van der Waals surface area (Å²) in [4.78, 5) is 0. The molecule has 1 N–H and O–H groups in total. The van der Waals surface area contributed by atoms with E-state index in [9.17, 15) is 8.78 Å². The number of hydrogen-bond acceptors (Lipinski definition) is 2. The molecular formula is C16H15F2NO. The molecule has 2 nitrogen and oxygen atoms in total. The van der Waals surface area contributed by atoms with Gasteiger partial charge in [0.05, 0.1) is 12.2 Å². The Bertz CT molecular complexity index is 670. The first-order valence-corrected chi connectivity index (χ1v) is 6.52. The van der Waals surface area contributed by atoms with Gasteiger partial charge >= 0.3 is 0 Å². The van der Waals surface area contributed by atoms with Crippen molar-refractivity contribution in [2.75, 3.05) is 11.9 Å². The smallest absolute Gasteiger partial charge is 0.165 e. The van der Waals surface area contributed by atoms with Crippen LogP contribution in [0.4, 0.5) is 14.5 Å². The molecule has 1 unspecified atom stereocenters. The van der Waals surface area contributed by atoms with Crippen LogP contribution in [0, 0.1) is 25.5 Å². The highest BCUT2D eigenvalue weighted by molar-refractivity contribution is 5.63. The fourth-order valence-electron chi connectivity index (χ4n) is 2.57. The molecule has 1 heterocycles. The highest BCUT2D eigenvalue weighted by atomic mass is 19.2. The summed E-state index contributed by atoms with van der Waals surface area (Å²) in [6, 6.07) is 8.15. The van der Waals surface area contributed by atoms with Crippen molar-refractivity contribution in [2.24, 2.45) is 0 Å². The minimum absolute atomic E-state index is 0.239. The maximum atomic E-state index is 13.8. The predicted octanol–water partition coefficient (Wildman–Crippen LogP) is 4.13. The van der Waals surface area contributed by atoms with Gasteiger partial charge < -0.3 is 10.1 Å². The normalized spacial score (nSPS) is 17.1. The second-order valence-corrected chi connectivity index (χ2v) is 5.09. The average molecular weight is 275 g/mol. The second kappa shape index (κ2) is 4.78. The number of rotatable bonds is 1. The van der Waals surface area contributed by atoms with Gasteiger partial charge in [0.15, 0.2) is 11.6 Å². The molecular weight excluding hydrogens is 260 g/mol. The van der Waals surface area contributed by atoms with Gasteiger partial charge in [-0.05, 0) is 37.1 Å². The molecule has 0 spiro atoms. The van der Waals surface area contributed by atoms with Gasteiger partial charge in [0.2, 0.25) is 0 Å². The SMILES string of the molecule is Cc1cc(C)c2c(c1)NCC(c1cccc(F)c1F)O2. The highest BCUT2D eigenvalue weighted by Gasteiger charge is 2.25. The zero-order chi connectivity index (χ0) is 14.3. The Morgan fingerprint density at radius 1 is 1.20 bits per heavy atom. The van der Waals surface area contributed by atoms with Gasteiger partial charge in [-0.3, -0.25) is 0 Å². The number of anilines is 1. The maximum Gasteiger partial charge on any atom is 0.165 e. The summed E-state index contributed by atoms with van der Waals surface area (Å²) in [6.45, 7) is 4.36. The van der Waals surface area contributed by atoms with E-state index in [1.54, 1.807) is 6.07 Å². The van der Waals surface area contributed by atoms with E-state index < -0.39 is 17.7 Å². The fraction of sp³-hybridized carbons (Fsp3) is 0.250. The van der Waals surface area contributed by atoms with Crippen molar-refractivity contribution in [1.82, 2.24) is 0 Å². The topological polar surface area (TPSA) is 21.3 Å². The molecule has 2 aromatic rings. The Morgan fingerprint density at radius 2 is 2.00 bits per heavy atom. The molecule has 0 aromatic heterocycles. The maximum absolute atomic E-state index is 13.8. The number of ether oxygens (including phenoxy) is 1. The largest absolute Gasteiger partial charge is 0.481 e. The zero-order valence-corrected chi connectivity index (χ0v) is 11.3. The number of benzene rings is 2. The van der Waals surface area contributed by atoms with E-state index in [0.717, 1.165) is 22.9 Å². The van der Waals surface area contributed by atoms with E-state index in [1.165, 1.54) is 6.07 Å². The Hall–Kier alpha value is -2.10. The van der Waals surface area contributed by atoms with Crippen molar-refractivity contribution in [3.05, 3.63) is 58.7 Å². The lowest BCUT2D eigenvalue weighted by molar-refractivity contribution is 0.202.